The molecule has 102 valence electrons. The van der Waals surface area contributed by atoms with Crippen LogP contribution in [-0.4, -0.2) is 37.0 Å². The van der Waals surface area contributed by atoms with Crippen molar-refractivity contribution >= 4 is 28.5 Å². The molecule has 3 rings (SSSR count). The van der Waals surface area contributed by atoms with Crippen LogP contribution in [0.3, 0.4) is 0 Å². The summed E-state index contributed by atoms with van der Waals surface area (Å²) in [6, 6.07) is 4.37. The van der Waals surface area contributed by atoms with Crippen molar-refractivity contribution in [3.8, 4) is 0 Å². The molecule has 3 nitrogen and oxygen atoms in total. The second kappa shape index (κ2) is 5.01. The van der Waals surface area contributed by atoms with Crippen molar-refractivity contribution in [2.75, 3.05) is 26.2 Å². The van der Waals surface area contributed by atoms with Gasteiger partial charge in [-0.3, -0.25) is 4.79 Å². The molecule has 1 aromatic carbocycles. The molecule has 1 atom stereocenters. The molecule has 1 spiro atoms. The number of hydrogen-bond acceptors (Lipinski definition) is 2. The van der Waals surface area contributed by atoms with Gasteiger partial charge in [-0.25, -0.2) is 4.39 Å². The van der Waals surface area contributed by atoms with Crippen molar-refractivity contribution in [3.05, 3.63) is 33.1 Å². The summed E-state index contributed by atoms with van der Waals surface area (Å²) in [6.07, 6.45) is 2.22. The minimum Gasteiger partial charge on any atom is -0.338 e. The average Bonchev–Trinajstić information content (AvgIpc) is 3.00. The summed E-state index contributed by atoms with van der Waals surface area (Å²) in [5.41, 5.74) is 0.895. The van der Waals surface area contributed by atoms with Crippen molar-refractivity contribution in [2.24, 2.45) is 5.41 Å². The topological polar surface area (TPSA) is 32.3 Å². The Labute approximate surface area is 125 Å². The molecular formula is C14H16FIN2O. The molecule has 19 heavy (non-hydrogen) atoms. The molecule has 2 aliphatic rings. The van der Waals surface area contributed by atoms with E-state index in [1.54, 1.807) is 6.07 Å². The minimum absolute atomic E-state index is 0.0353. The summed E-state index contributed by atoms with van der Waals surface area (Å²) in [5, 5.41) is 3.38. The summed E-state index contributed by atoms with van der Waals surface area (Å²) in [7, 11) is 0. The number of rotatable bonds is 1. The highest BCUT2D eigenvalue weighted by molar-refractivity contribution is 14.1. The van der Waals surface area contributed by atoms with Gasteiger partial charge in [-0.1, -0.05) is 0 Å². The lowest BCUT2D eigenvalue weighted by molar-refractivity contribution is 0.0774. The molecule has 5 heteroatoms. The zero-order valence-electron chi connectivity index (χ0n) is 10.6. The molecule has 0 radical (unpaired) electrons. The van der Waals surface area contributed by atoms with E-state index in [9.17, 15) is 9.18 Å². The molecule has 1 N–H and O–H groups in total. The third kappa shape index (κ3) is 2.50. The Kier molecular flexibility index (Phi) is 3.51. The number of carbonyl (C=O) groups excluding carboxylic acids is 1. The van der Waals surface area contributed by atoms with E-state index in [1.165, 1.54) is 12.1 Å². The molecule has 2 aliphatic heterocycles. The van der Waals surface area contributed by atoms with Crippen LogP contribution in [-0.2, 0) is 0 Å². The van der Waals surface area contributed by atoms with Crippen LogP contribution in [0.5, 0.6) is 0 Å². The van der Waals surface area contributed by atoms with Gasteiger partial charge >= 0.3 is 0 Å². The Balaban J connectivity index is 1.78. The number of amides is 1. The summed E-state index contributed by atoms with van der Waals surface area (Å²) in [5.74, 6) is -0.257. The molecule has 1 aromatic rings. The van der Waals surface area contributed by atoms with Crippen LogP contribution in [0.15, 0.2) is 18.2 Å². The Morgan fingerprint density at radius 3 is 2.95 bits per heavy atom. The van der Waals surface area contributed by atoms with Gasteiger partial charge in [0.1, 0.15) is 5.82 Å². The van der Waals surface area contributed by atoms with E-state index in [-0.39, 0.29) is 17.1 Å². The lowest BCUT2D eigenvalue weighted by atomic mass is 9.86. The first-order valence-electron chi connectivity index (χ1n) is 6.55. The zero-order valence-corrected chi connectivity index (χ0v) is 12.7. The third-order valence-corrected chi connectivity index (χ3v) is 5.11. The highest BCUT2D eigenvalue weighted by Gasteiger charge is 2.42. The maximum absolute atomic E-state index is 13.1. The Morgan fingerprint density at radius 2 is 2.26 bits per heavy atom. The van der Waals surface area contributed by atoms with Crippen molar-refractivity contribution in [1.82, 2.24) is 10.2 Å². The maximum Gasteiger partial charge on any atom is 0.254 e. The number of likely N-dealkylation sites (tertiary alicyclic amines) is 1. The van der Waals surface area contributed by atoms with Crippen LogP contribution in [0.2, 0.25) is 0 Å². The van der Waals surface area contributed by atoms with Gasteiger partial charge in [0, 0.05) is 28.6 Å². The van der Waals surface area contributed by atoms with E-state index in [4.69, 9.17) is 0 Å². The van der Waals surface area contributed by atoms with E-state index < -0.39 is 0 Å². The highest BCUT2D eigenvalue weighted by atomic mass is 127. The lowest BCUT2D eigenvalue weighted by Gasteiger charge is -2.23. The monoisotopic (exact) mass is 374 g/mol. The van der Waals surface area contributed by atoms with Crippen LogP contribution in [0.25, 0.3) is 0 Å². The van der Waals surface area contributed by atoms with E-state index in [1.807, 2.05) is 27.5 Å². The van der Waals surface area contributed by atoms with Gasteiger partial charge in [-0.05, 0) is 60.2 Å². The van der Waals surface area contributed by atoms with E-state index >= 15 is 0 Å². The first-order valence-corrected chi connectivity index (χ1v) is 7.63. The first-order chi connectivity index (χ1) is 9.10. The normalized spacial score (nSPS) is 26.3. The quantitative estimate of drug-likeness (QED) is 0.765. The van der Waals surface area contributed by atoms with E-state index in [0.717, 1.165) is 39.0 Å². The predicted octanol–water partition coefficient (Wildman–Crippen LogP) is 2.26. The van der Waals surface area contributed by atoms with Crippen LogP contribution in [0, 0.1) is 14.8 Å². The summed E-state index contributed by atoms with van der Waals surface area (Å²) >= 11 is 2.03. The van der Waals surface area contributed by atoms with Gasteiger partial charge in [0.2, 0.25) is 0 Å². The fraction of sp³-hybridized carbons (Fsp3) is 0.500. The molecule has 0 aromatic heterocycles. The molecule has 2 heterocycles. The molecule has 1 amide bonds. The van der Waals surface area contributed by atoms with E-state index in [0.29, 0.717) is 9.13 Å². The molecular weight excluding hydrogens is 358 g/mol. The van der Waals surface area contributed by atoms with Crippen molar-refractivity contribution in [2.45, 2.75) is 12.8 Å². The second-order valence-electron chi connectivity index (χ2n) is 5.53. The standard InChI is InChI=1S/C14H16FIN2O/c15-10-1-2-11(12(16)7-10)13(19)18-6-4-14(9-18)3-5-17-8-14/h1-2,7,17H,3-6,8-9H2. The van der Waals surface area contributed by atoms with Gasteiger partial charge in [0.15, 0.2) is 0 Å². The van der Waals surface area contributed by atoms with Gasteiger partial charge in [-0.2, -0.15) is 0 Å². The van der Waals surface area contributed by atoms with Gasteiger partial charge in [-0.15, -0.1) is 0 Å². The number of nitrogens with one attached hydrogen (secondary N) is 1. The molecule has 0 saturated carbocycles. The molecule has 2 fully saturated rings. The second-order valence-corrected chi connectivity index (χ2v) is 6.69. The fourth-order valence-corrected chi connectivity index (χ4v) is 3.79. The van der Waals surface area contributed by atoms with Crippen molar-refractivity contribution in [1.29, 1.82) is 0 Å². The maximum atomic E-state index is 13.1. The third-order valence-electron chi connectivity index (χ3n) is 4.22. The fourth-order valence-electron chi connectivity index (χ4n) is 3.09. The average molecular weight is 374 g/mol. The summed E-state index contributed by atoms with van der Waals surface area (Å²) in [6.45, 7) is 3.70. The Hall–Kier alpha value is -0.690. The molecule has 2 saturated heterocycles. The van der Waals surface area contributed by atoms with Crippen LogP contribution in [0.4, 0.5) is 4.39 Å². The van der Waals surface area contributed by atoms with Gasteiger partial charge < -0.3 is 10.2 Å². The highest BCUT2D eigenvalue weighted by Crippen LogP contribution is 2.36. The smallest absolute Gasteiger partial charge is 0.254 e. The van der Waals surface area contributed by atoms with Crippen molar-refractivity contribution < 1.29 is 9.18 Å². The minimum atomic E-state index is -0.293. The number of carbonyl (C=O) groups is 1. The SMILES string of the molecule is O=C(c1ccc(F)cc1I)N1CCC2(CCNC2)C1. The summed E-state index contributed by atoms with van der Waals surface area (Å²) < 4.78 is 13.8. The number of hydrogen-bond donors (Lipinski definition) is 1. The molecule has 0 bridgehead atoms. The van der Waals surface area contributed by atoms with Crippen LogP contribution >= 0.6 is 22.6 Å². The Bertz CT molecular complexity index is 514. The molecule has 1 unspecified atom stereocenters. The van der Waals surface area contributed by atoms with Crippen LogP contribution in [0.1, 0.15) is 23.2 Å². The van der Waals surface area contributed by atoms with Crippen LogP contribution < -0.4 is 5.32 Å². The number of benzene rings is 1. The van der Waals surface area contributed by atoms with Gasteiger partial charge in [0.25, 0.3) is 5.91 Å². The van der Waals surface area contributed by atoms with Gasteiger partial charge in [0.05, 0.1) is 5.56 Å². The summed E-state index contributed by atoms with van der Waals surface area (Å²) in [4.78, 5) is 14.4. The largest absolute Gasteiger partial charge is 0.338 e. The number of halogens is 2. The first kappa shape index (κ1) is 13.3. The lowest BCUT2D eigenvalue weighted by Crippen LogP contribution is -2.33. The predicted molar refractivity (Wildman–Crippen MR) is 79.6 cm³/mol. The molecule has 0 aliphatic carbocycles. The van der Waals surface area contributed by atoms with Crippen molar-refractivity contribution in [3.63, 3.8) is 0 Å². The zero-order chi connectivity index (χ0) is 13.5. The number of nitrogens with zero attached hydrogens (tertiary/aromatic N) is 1. The Morgan fingerprint density at radius 1 is 1.42 bits per heavy atom. The van der Waals surface area contributed by atoms with E-state index in [2.05, 4.69) is 5.32 Å².